The van der Waals surface area contributed by atoms with E-state index >= 15 is 0 Å². The van der Waals surface area contributed by atoms with Crippen LogP contribution in [0.3, 0.4) is 0 Å². The van der Waals surface area contributed by atoms with Crippen molar-refractivity contribution in [3.05, 3.63) is 11.6 Å². The van der Waals surface area contributed by atoms with Crippen LogP contribution in [-0.4, -0.2) is 80.5 Å². The lowest BCUT2D eigenvalue weighted by molar-refractivity contribution is -0.121. The lowest BCUT2D eigenvalue weighted by Gasteiger charge is -2.43. The van der Waals surface area contributed by atoms with Gasteiger partial charge in [-0.2, -0.15) is 0 Å². The maximum Gasteiger partial charge on any atom is 0.410 e. The minimum atomic E-state index is -0.309. The number of epoxide rings is 2. The third-order valence-electron chi connectivity index (χ3n) is 7.99. The van der Waals surface area contributed by atoms with Crippen molar-refractivity contribution in [3.8, 4) is 0 Å². The minimum Gasteiger partial charge on any atom is -0.443 e. The number of likely N-dealkylation sites (tertiary alicyclic amines) is 1. The van der Waals surface area contributed by atoms with Gasteiger partial charge in [0.1, 0.15) is 23.4 Å². The molecule has 0 aromatic rings. The monoisotopic (exact) mass is 421 g/mol. The van der Waals surface area contributed by atoms with Crippen LogP contribution >= 0.6 is 0 Å². The molecule has 5 fully saturated rings. The molecule has 0 bridgehead atoms. The predicted octanol–water partition coefficient (Wildman–Crippen LogP) is 2.78. The van der Waals surface area contributed by atoms with Crippen molar-refractivity contribution in [1.82, 2.24) is 4.90 Å². The number of allylic oxidation sites excluding steroid dienone is 1. The quantitative estimate of drug-likeness (QED) is 0.502. The molecule has 7 heteroatoms. The molecule has 0 aromatic carbocycles. The lowest BCUT2D eigenvalue weighted by Crippen LogP contribution is -2.56. The van der Waals surface area contributed by atoms with Crippen LogP contribution in [0.5, 0.6) is 0 Å². The Balaban J connectivity index is 1.28. The molecule has 1 amide bonds. The van der Waals surface area contributed by atoms with E-state index in [1.807, 2.05) is 4.90 Å². The van der Waals surface area contributed by atoms with Gasteiger partial charge in [-0.3, -0.25) is 0 Å². The number of carbonyl (C=O) groups excluding carboxylic acids is 1. The molecule has 1 spiro atoms. The second-order valence-electron chi connectivity index (χ2n) is 10.3. The fraction of sp³-hybridized carbons (Fsp3) is 0.870. The molecular weight excluding hydrogens is 386 g/mol. The van der Waals surface area contributed by atoms with Gasteiger partial charge in [-0.25, -0.2) is 4.79 Å². The van der Waals surface area contributed by atoms with E-state index in [4.69, 9.17) is 23.7 Å². The Morgan fingerprint density at radius 3 is 2.53 bits per heavy atom. The fourth-order valence-corrected chi connectivity index (χ4v) is 6.11. The summed E-state index contributed by atoms with van der Waals surface area (Å²) in [6, 6.07) is 0. The van der Waals surface area contributed by atoms with Crippen molar-refractivity contribution < 1.29 is 28.5 Å². The van der Waals surface area contributed by atoms with Gasteiger partial charge in [-0.05, 0) is 40.0 Å². The zero-order valence-electron chi connectivity index (χ0n) is 18.6. The molecule has 4 saturated heterocycles. The SMILES string of the molecule is CO[C@@H]1[C@H](OC(=O)N2C[C@H]3COC[C@H]3C2)CC[C@]2(CO2)[C@H]1[C@@]1(C)O[C@@H]1CC=C(C)C. The van der Waals surface area contributed by atoms with E-state index in [1.165, 1.54) is 5.57 Å². The minimum absolute atomic E-state index is 0.0588. The van der Waals surface area contributed by atoms with Crippen LogP contribution in [0.25, 0.3) is 0 Å². The molecule has 7 nitrogen and oxygen atoms in total. The highest BCUT2D eigenvalue weighted by Crippen LogP contribution is 2.59. The summed E-state index contributed by atoms with van der Waals surface area (Å²) in [6.07, 6.45) is 4.20. The van der Waals surface area contributed by atoms with E-state index < -0.39 is 0 Å². The normalized spacial score (nSPS) is 46.6. The standard InChI is InChI=1S/C23H35NO6/c1-14(2)5-6-18-22(3,30-18)20-19(26-4)17(7-8-23(20)13-28-23)29-21(25)24-9-15-11-27-12-16(15)10-24/h5,15-20H,6-13H2,1-4H3/t15-,16+,17-,18-,19-,20-,22+,23+/m1/s1. The van der Waals surface area contributed by atoms with E-state index in [0.29, 0.717) is 11.8 Å². The first kappa shape index (κ1) is 20.7. The van der Waals surface area contributed by atoms with Gasteiger partial charge in [0, 0.05) is 32.0 Å². The number of carbonyl (C=O) groups is 1. The van der Waals surface area contributed by atoms with Crippen LogP contribution < -0.4 is 0 Å². The average Bonchev–Trinajstić information content (AvgIpc) is 3.48. The molecule has 1 aliphatic carbocycles. The van der Waals surface area contributed by atoms with Crippen molar-refractivity contribution in [2.45, 2.75) is 69.5 Å². The van der Waals surface area contributed by atoms with Crippen LogP contribution in [0.15, 0.2) is 11.6 Å². The Kier molecular flexibility index (Phi) is 5.16. The largest absolute Gasteiger partial charge is 0.443 e. The van der Waals surface area contributed by atoms with Crippen LogP contribution in [0, 0.1) is 17.8 Å². The first-order valence-corrected chi connectivity index (χ1v) is 11.4. The predicted molar refractivity (Wildman–Crippen MR) is 109 cm³/mol. The molecule has 0 N–H and O–H groups in total. The summed E-state index contributed by atoms with van der Waals surface area (Å²) in [5.74, 6) is 0.962. The Hall–Kier alpha value is -1.15. The van der Waals surface area contributed by atoms with Crippen molar-refractivity contribution in [3.63, 3.8) is 0 Å². The summed E-state index contributed by atoms with van der Waals surface area (Å²) >= 11 is 0. The molecule has 5 rings (SSSR count). The summed E-state index contributed by atoms with van der Waals surface area (Å²) in [7, 11) is 1.72. The molecule has 5 aliphatic rings. The number of rotatable bonds is 5. The molecule has 4 aliphatic heterocycles. The molecule has 30 heavy (non-hydrogen) atoms. The van der Waals surface area contributed by atoms with E-state index in [2.05, 4.69) is 26.8 Å². The van der Waals surface area contributed by atoms with E-state index in [-0.39, 0.29) is 41.5 Å². The first-order valence-electron chi connectivity index (χ1n) is 11.4. The van der Waals surface area contributed by atoms with Gasteiger partial charge in [0.2, 0.25) is 0 Å². The topological polar surface area (TPSA) is 73.1 Å². The number of ether oxygens (including phenoxy) is 5. The summed E-state index contributed by atoms with van der Waals surface area (Å²) < 4.78 is 29.8. The van der Waals surface area contributed by atoms with Gasteiger partial charge >= 0.3 is 6.09 Å². The zero-order valence-corrected chi connectivity index (χ0v) is 18.6. The molecule has 0 aromatic heterocycles. The van der Waals surface area contributed by atoms with Crippen LogP contribution in [0.2, 0.25) is 0 Å². The van der Waals surface area contributed by atoms with Crippen LogP contribution in [0.1, 0.15) is 40.0 Å². The van der Waals surface area contributed by atoms with E-state index in [0.717, 1.165) is 52.2 Å². The Morgan fingerprint density at radius 2 is 1.93 bits per heavy atom. The zero-order chi connectivity index (χ0) is 21.1. The molecule has 1 saturated carbocycles. The first-order chi connectivity index (χ1) is 14.4. The molecule has 0 radical (unpaired) electrons. The summed E-state index contributed by atoms with van der Waals surface area (Å²) in [5.41, 5.74) is 0.792. The second kappa shape index (κ2) is 7.47. The van der Waals surface area contributed by atoms with Gasteiger partial charge in [0.15, 0.2) is 0 Å². The van der Waals surface area contributed by atoms with Crippen molar-refractivity contribution >= 4 is 6.09 Å². The highest BCUT2D eigenvalue weighted by Gasteiger charge is 2.72. The second-order valence-corrected chi connectivity index (χ2v) is 10.3. The van der Waals surface area contributed by atoms with Crippen molar-refractivity contribution in [2.24, 2.45) is 17.8 Å². The van der Waals surface area contributed by atoms with Gasteiger partial charge in [0.25, 0.3) is 0 Å². The van der Waals surface area contributed by atoms with E-state index in [9.17, 15) is 4.79 Å². The molecular formula is C23H35NO6. The van der Waals surface area contributed by atoms with Crippen molar-refractivity contribution in [2.75, 3.05) is 40.0 Å². The summed E-state index contributed by atoms with van der Waals surface area (Å²) in [4.78, 5) is 14.8. The maximum atomic E-state index is 12.9. The van der Waals surface area contributed by atoms with Gasteiger partial charge < -0.3 is 28.6 Å². The number of fused-ring (bicyclic) bond motifs is 1. The number of amides is 1. The summed E-state index contributed by atoms with van der Waals surface area (Å²) in [5, 5.41) is 0. The third-order valence-corrected chi connectivity index (χ3v) is 7.99. The summed E-state index contributed by atoms with van der Waals surface area (Å²) in [6.45, 7) is 10.1. The molecule has 168 valence electrons. The third kappa shape index (κ3) is 3.48. The van der Waals surface area contributed by atoms with Gasteiger partial charge in [0.05, 0.1) is 31.8 Å². The average molecular weight is 422 g/mol. The molecule has 4 heterocycles. The van der Waals surface area contributed by atoms with Gasteiger partial charge in [-0.15, -0.1) is 0 Å². The Bertz CT molecular complexity index is 704. The lowest BCUT2D eigenvalue weighted by atomic mass is 9.68. The van der Waals surface area contributed by atoms with Crippen molar-refractivity contribution in [1.29, 1.82) is 0 Å². The number of hydrogen-bond donors (Lipinski definition) is 0. The van der Waals surface area contributed by atoms with Crippen LogP contribution in [-0.2, 0) is 23.7 Å². The highest BCUT2D eigenvalue weighted by atomic mass is 16.6. The van der Waals surface area contributed by atoms with Gasteiger partial charge in [-0.1, -0.05) is 11.6 Å². The van der Waals surface area contributed by atoms with Crippen LogP contribution in [0.4, 0.5) is 4.79 Å². The number of hydrogen-bond acceptors (Lipinski definition) is 6. The molecule has 8 atom stereocenters. The molecule has 0 unspecified atom stereocenters. The fourth-order valence-electron chi connectivity index (χ4n) is 6.11. The van der Waals surface area contributed by atoms with E-state index in [1.54, 1.807) is 7.11 Å². The Morgan fingerprint density at radius 1 is 1.23 bits per heavy atom. The Labute approximate surface area is 179 Å². The maximum absolute atomic E-state index is 12.9. The number of nitrogens with zero attached hydrogens (tertiary/aromatic N) is 1. The highest BCUT2D eigenvalue weighted by molar-refractivity contribution is 5.68. The smallest absolute Gasteiger partial charge is 0.410 e. The number of methoxy groups -OCH3 is 1.